The fourth-order valence-electron chi connectivity index (χ4n) is 2.82. The molecule has 1 atom stereocenters. The minimum absolute atomic E-state index is 0.220. The fraction of sp³-hybridized carbons (Fsp3) is 0.846. The first-order chi connectivity index (χ1) is 8.76. The molecule has 0 aromatic carbocycles. The van der Waals surface area contributed by atoms with E-state index < -0.39 is 0 Å². The molecule has 3 rings (SSSR count). The van der Waals surface area contributed by atoms with Crippen molar-refractivity contribution in [3.05, 3.63) is 11.4 Å². The number of ether oxygens (including phenoxy) is 2. The molecule has 0 aliphatic carbocycles. The van der Waals surface area contributed by atoms with Crippen LogP contribution in [0.4, 0.5) is 0 Å². The molecule has 3 heterocycles. The lowest BCUT2D eigenvalue weighted by Crippen LogP contribution is -2.42. The van der Waals surface area contributed by atoms with E-state index in [4.69, 9.17) is 9.47 Å². The molecule has 0 saturated carbocycles. The second kappa shape index (κ2) is 5.56. The van der Waals surface area contributed by atoms with Crippen molar-refractivity contribution in [3.8, 4) is 0 Å². The summed E-state index contributed by atoms with van der Waals surface area (Å²) in [6.45, 7) is 6.12. The zero-order valence-corrected chi connectivity index (χ0v) is 12.2. The van der Waals surface area contributed by atoms with E-state index in [9.17, 15) is 0 Å². The third kappa shape index (κ3) is 2.94. The van der Waals surface area contributed by atoms with Crippen LogP contribution in [0.5, 0.6) is 0 Å². The van der Waals surface area contributed by atoms with Gasteiger partial charge in [-0.15, -0.1) is 0 Å². The molecule has 0 aromatic rings. The topological polar surface area (TPSA) is 24.9 Å². The van der Waals surface area contributed by atoms with Gasteiger partial charge in [0.15, 0.2) is 5.79 Å². The Morgan fingerprint density at radius 1 is 1.17 bits per heavy atom. The lowest BCUT2D eigenvalue weighted by atomic mass is 10.1. The largest absolute Gasteiger partial charge is 0.347 e. The van der Waals surface area contributed by atoms with Crippen LogP contribution in [0.3, 0.4) is 0 Å². The van der Waals surface area contributed by atoms with Crippen LogP contribution in [0, 0.1) is 0 Å². The molecule has 1 unspecified atom stereocenters. The first kappa shape index (κ1) is 13.0. The maximum Gasteiger partial charge on any atom is 0.170 e. The van der Waals surface area contributed by atoms with Gasteiger partial charge in [-0.1, -0.05) is 6.08 Å². The zero-order chi connectivity index (χ0) is 12.4. The second-order valence-electron chi connectivity index (χ2n) is 5.45. The Bertz CT molecular complexity index is 319. The Labute approximate surface area is 111 Å². The number of piperidine rings is 1. The molecule has 3 aliphatic rings. The molecule has 0 bridgehead atoms. The molecule has 0 N–H and O–H groups in total. The van der Waals surface area contributed by atoms with Crippen LogP contribution in [0.2, 0.25) is 0 Å². The van der Waals surface area contributed by atoms with E-state index in [1.165, 1.54) is 13.0 Å². The smallest absolute Gasteiger partial charge is 0.170 e. The standard InChI is InChI=1S/C13H23N2O2P/c1-14-6-2-12(3-7-14)18-15-8-4-13(5-9-15)16-10-11-17-13/h2,18H,3-11H2,1H3. The van der Waals surface area contributed by atoms with Crippen LogP contribution in [0.1, 0.15) is 19.3 Å². The van der Waals surface area contributed by atoms with Crippen molar-refractivity contribution in [2.75, 3.05) is 46.4 Å². The lowest BCUT2D eigenvalue weighted by Gasteiger charge is -2.38. The predicted octanol–water partition coefficient (Wildman–Crippen LogP) is 1.64. The Kier molecular flexibility index (Phi) is 4.02. The highest BCUT2D eigenvalue weighted by Gasteiger charge is 2.39. The average molecular weight is 270 g/mol. The fourth-order valence-corrected chi connectivity index (χ4v) is 4.08. The minimum Gasteiger partial charge on any atom is -0.347 e. The van der Waals surface area contributed by atoms with Crippen molar-refractivity contribution in [1.82, 2.24) is 9.57 Å². The molecule has 1 spiro atoms. The SMILES string of the molecule is CN1CC=C(PN2CCC3(CC2)OCCO3)CC1. The minimum atomic E-state index is -0.220. The number of nitrogens with zero attached hydrogens (tertiary/aromatic N) is 2. The first-order valence-electron chi connectivity index (χ1n) is 6.93. The maximum absolute atomic E-state index is 5.77. The summed E-state index contributed by atoms with van der Waals surface area (Å²) in [7, 11) is 3.07. The van der Waals surface area contributed by atoms with E-state index in [2.05, 4.69) is 22.7 Å². The van der Waals surface area contributed by atoms with E-state index in [0.29, 0.717) is 0 Å². The molecule has 4 nitrogen and oxygen atoms in total. The highest BCUT2D eigenvalue weighted by Crippen LogP contribution is 2.39. The summed E-state index contributed by atoms with van der Waals surface area (Å²) in [4.78, 5) is 2.37. The van der Waals surface area contributed by atoms with Gasteiger partial charge < -0.3 is 14.4 Å². The number of rotatable bonds is 2. The van der Waals surface area contributed by atoms with Gasteiger partial charge in [0, 0.05) is 39.0 Å². The molecular formula is C13H23N2O2P. The Morgan fingerprint density at radius 2 is 1.89 bits per heavy atom. The number of hydrogen-bond acceptors (Lipinski definition) is 4. The van der Waals surface area contributed by atoms with Crippen molar-refractivity contribution >= 4 is 8.73 Å². The molecule has 0 amide bonds. The molecular weight excluding hydrogens is 247 g/mol. The van der Waals surface area contributed by atoms with Crippen molar-refractivity contribution in [3.63, 3.8) is 0 Å². The summed E-state index contributed by atoms with van der Waals surface area (Å²) in [6, 6.07) is 0. The van der Waals surface area contributed by atoms with Crippen LogP contribution in [-0.2, 0) is 9.47 Å². The molecule has 2 fully saturated rings. The van der Waals surface area contributed by atoms with Gasteiger partial charge in [-0.2, -0.15) is 0 Å². The second-order valence-corrected chi connectivity index (χ2v) is 6.95. The van der Waals surface area contributed by atoms with E-state index in [1.807, 2.05) is 0 Å². The van der Waals surface area contributed by atoms with E-state index in [1.54, 1.807) is 5.31 Å². The van der Waals surface area contributed by atoms with Crippen LogP contribution >= 0.6 is 8.73 Å². The van der Waals surface area contributed by atoms with Gasteiger partial charge in [-0.25, -0.2) is 0 Å². The third-order valence-electron chi connectivity index (χ3n) is 4.05. The van der Waals surface area contributed by atoms with Gasteiger partial charge in [-0.3, -0.25) is 4.67 Å². The van der Waals surface area contributed by atoms with Crippen molar-refractivity contribution in [2.24, 2.45) is 0 Å². The number of hydrogen-bond donors (Lipinski definition) is 0. The normalized spacial score (nSPS) is 30.4. The van der Waals surface area contributed by atoms with Crippen molar-refractivity contribution < 1.29 is 9.47 Å². The Morgan fingerprint density at radius 3 is 2.50 bits per heavy atom. The molecule has 5 heteroatoms. The molecule has 0 radical (unpaired) electrons. The summed E-state index contributed by atoms with van der Waals surface area (Å²) in [5, 5.41) is 1.64. The predicted molar refractivity (Wildman–Crippen MR) is 74.0 cm³/mol. The third-order valence-corrected chi connectivity index (χ3v) is 5.56. The van der Waals surface area contributed by atoms with Gasteiger partial charge in [0.1, 0.15) is 0 Å². The summed E-state index contributed by atoms with van der Waals surface area (Å²) >= 11 is 0. The summed E-state index contributed by atoms with van der Waals surface area (Å²) in [6.07, 6.45) is 5.72. The van der Waals surface area contributed by atoms with E-state index in [0.717, 1.165) is 54.4 Å². The Balaban J connectivity index is 1.48. The van der Waals surface area contributed by atoms with Gasteiger partial charge in [0.25, 0.3) is 0 Å². The zero-order valence-electron chi connectivity index (χ0n) is 11.2. The molecule has 102 valence electrons. The van der Waals surface area contributed by atoms with Gasteiger partial charge >= 0.3 is 0 Å². The maximum atomic E-state index is 5.77. The van der Waals surface area contributed by atoms with Crippen LogP contribution in [-0.4, -0.2) is 61.8 Å². The molecule has 0 aromatic heterocycles. The number of likely N-dealkylation sites (N-methyl/N-ethyl adjacent to an activating group) is 1. The van der Waals surface area contributed by atoms with Crippen molar-refractivity contribution in [2.45, 2.75) is 25.0 Å². The highest BCUT2D eigenvalue weighted by molar-refractivity contribution is 7.40. The van der Waals surface area contributed by atoms with Crippen LogP contribution < -0.4 is 0 Å². The Hall–Kier alpha value is 0.01000. The molecule has 3 aliphatic heterocycles. The molecule has 2 saturated heterocycles. The lowest BCUT2D eigenvalue weighted by molar-refractivity contribution is -0.178. The van der Waals surface area contributed by atoms with Gasteiger partial charge in [0.05, 0.1) is 13.2 Å². The summed E-state index contributed by atoms with van der Waals surface area (Å²) in [5.74, 6) is -0.220. The summed E-state index contributed by atoms with van der Waals surface area (Å²) in [5.41, 5.74) is 0. The van der Waals surface area contributed by atoms with Crippen molar-refractivity contribution in [1.29, 1.82) is 0 Å². The van der Waals surface area contributed by atoms with Crippen LogP contribution in [0.25, 0.3) is 0 Å². The molecule has 18 heavy (non-hydrogen) atoms. The van der Waals surface area contributed by atoms with E-state index >= 15 is 0 Å². The quantitative estimate of drug-likeness (QED) is 0.712. The van der Waals surface area contributed by atoms with Gasteiger partial charge in [0.2, 0.25) is 0 Å². The summed E-state index contributed by atoms with van der Waals surface area (Å²) < 4.78 is 14.1. The van der Waals surface area contributed by atoms with E-state index in [-0.39, 0.29) is 5.79 Å². The highest BCUT2D eigenvalue weighted by atomic mass is 31.1. The monoisotopic (exact) mass is 270 g/mol. The average Bonchev–Trinajstić information content (AvgIpc) is 2.84. The first-order valence-corrected chi connectivity index (χ1v) is 7.88. The van der Waals surface area contributed by atoms with Gasteiger partial charge in [-0.05, 0) is 27.5 Å². The van der Waals surface area contributed by atoms with Crippen LogP contribution in [0.15, 0.2) is 11.4 Å².